The van der Waals surface area contributed by atoms with Crippen molar-refractivity contribution in [2.45, 2.75) is 236 Å². The van der Waals surface area contributed by atoms with Crippen molar-refractivity contribution in [1.29, 1.82) is 0 Å². The van der Waals surface area contributed by atoms with E-state index < -0.39 is 0 Å². The lowest BCUT2D eigenvalue weighted by molar-refractivity contribution is -0.114. The van der Waals surface area contributed by atoms with Crippen LogP contribution in [-0.2, 0) is 0 Å². The fraction of sp³-hybridized carbons (Fsp3) is 1.00. The lowest BCUT2D eigenvalue weighted by Gasteiger charge is -2.61. The van der Waals surface area contributed by atoms with Crippen molar-refractivity contribution in [1.82, 2.24) is 0 Å². The van der Waals surface area contributed by atoms with Gasteiger partial charge < -0.3 is 0 Å². The monoisotopic (exact) mass is 745 g/mol. The Kier molecular flexibility index (Phi) is 13.2. The second kappa shape index (κ2) is 16.9. The zero-order valence-corrected chi connectivity index (χ0v) is 38.5. The van der Waals surface area contributed by atoms with Gasteiger partial charge in [-0.05, 0) is 207 Å². The van der Waals surface area contributed by atoms with E-state index in [-0.39, 0.29) is 0 Å². The van der Waals surface area contributed by atoms with Crippen LogP contribution < -0.4 is 0 Å². The molecule has 0 radical (unpaired) electrons. The molecular formula is C54H96. The second-order valence-corrected chi connectivity index (χ2v) is 24.9. The van der Waals surface area contributed by atoms with Crippen LogP contribution in [-0.4, -0.2) is 0 Å². The van der Waals surface area contributed by atoms with Crippen LogP contribution in [0.3, 0.4) is 0 Å². The van der Waals surface area contributed by atoms with E-state index in [0.717, 1.165) is 82.9 Å². The minimum absolute atomic E-state index is 0.677. The van der Waals surface area contributed by atoms with Gasteiger partial charge in [-0.15, -0.1) is 0 Å². The molecule has 0 aromatic heterocycles. The Morgan fingerprint density at radius 3 is 1.15 bits per heavy atom. The predicted octanol–water partition coefficient (Wildman–Crippen LogP) is 17.0. The Morgan fingerprint density at radius 1 is 0.370 bits per heavy atom. The minimum Gasteiger partial charge on any atom is -0.0628 e. The molecule has 0 saturated heterocycles. The number of hydrogen-bond donors (Lipinski definition) is 0. The molecule has 312 valence electrons. The predicted molar refractivity (Wildman–Crippen MR) is 235 cm³/mol. The third-order valence-electron chi connectivity index (χ3n) is 21.6. The van der Waals surface area contributed by atoms with Crippen molar-refractivity contribution in [3.8, 4) is 0 Å². The topological polar surface area (TPSA) is 0 Å². The lowest BCUT2D eigenvalue weighted by atomic mass is 9.44. The molecule has 54 heavy (non-hydrogen) atoms. The largest absolute Gasteiger partial charge is 0.0628 e. The maximum atomic E-state index is 2.75. The molecule has 8 aliphatic rings. The first-order valence-corrected chi connectivity index (χ1v) is 25.7. The Morgan fingerprint density at radius 2 is 0.759 bits per heavy atom. The summed E-state index contributed by atoms with van der Waals surface area (Å²) in [6, 6.07) is 0. The summed E-state index contributed by atoms with van der Waals surface area (Å²) in [4.78, 5) is 0. The third kappa shape index (κ3) is 7.76. The highest BCUT2D eigenvalue weighted by molar-refractivity contribution is 5.11. The number of fused-ring (bicyclic) bond motifs is 10. The standard InChI is InChI=1S/2C27H48/c2*1-19(2)9-8-10-20(3)23-14-15-24-22-13-12-21-11-6-7-17-26(21,4)25(22)16-18-27(23,24)5/h2*19-25H,6-18H2,1-5H3/t2*20-,21-,22+,23-,24+,25+,26+,27-/m11/s1. The molecule has 0 spiro atoms. The summed E-state index contributed by atoms with van der Waals surface area (Å²) in [5.74, 6) is 14.3. The summed E-state index contributed by atoms with van der Waals surface area (Å²) in [6.45, 7) is 25.8. The van der Waals surface area contributed by atoms with E-state index in [0.29, 0.717) is 21.7 Å². The molecule has 8 aliphatic carbocycles. The zero-order valence-electron chi connectivity index (χ0n) is 38.5. The molecule has 16 atom stereocenters. The Bertz CT molecular complexity index is 1100. The molecule has 0 heterocycles. The van der Waals surface area contributed by atoms with Crippen molar-refractivity contribution in [2.75, 3.05) is 0 Å². The quantitative estimate of drug-likeness (QED) is 0.209. The Balaban J connectivity index is 0.000000167. The van der Waals surface area contributed by atoms with Crippen molar-refractivity contribution >= 4 is 0 Å². The first-order valence-electron chi connectivity index (χ1n) is 25.7. The normalized spacial score (nSPS) is 48.0. The van der Waals surface area contributed by atoms with E-state index in [1.807, 2.05) is 0 Å². The van der Waals surface area contributed by atoms with Crippen LogP contribution in [0.5, 0.6) is 0 Å². The van der Waals surface area contributed by atoms with Gasteiger partial charge in [0.1, 0.15) is 0 Å². The maximum absolute atomic E-state index is 2.75. The van der Waals surface area contributed by atoms with E-state index in [9.17, 15) is 0 Å². The first-order chi connectivity index (χ1) is 25.7. The van der Waals surface area contributed by atoms with E-state index in [1.165, 1.54) is 64.2 Å². The van der Waals surface area contributed by atoms with Gasteiger partial charge in [-0.2, -0.15) is 0 Å². The van der Waals surface area contributed by atoms with Gasteiger partial charge in [-0.25, -0.2) is 0 Å². The van der Waals surface area contributed by atoms with Crippen LogP contribution >= 0.6 is 0 Å². The lowest BCUT2D eigenvalue weighted by Crippen LogP contribution is -2.53. The van der Waals surface area contributed by atoms with Gasteiger partial charge >= 0.3 is 0 Å². The summed E-state index contributed by atoms with van der Waals surface area (Å²) in [6.07, 6.45) is 39.8. The number of rotatable bonds is 10. The van der Waals surface area contributed by atoms with Crippen LogP contribution in [0.4, 0.5) is 0 Å². The van der Waals surface area contributed by atoms with Gasteiger partial charge in [0.05, 0.1) is 0 Å². The highest BCUT2D eigenvalue weighted by Gasteiger charge is 2.61. The van der Waals surface area contributed by atoms with Crippen LogP contribution in [0.2, 0.25) is 0 Å². The fourth-order valence-corrected chi connectivity index (χ4v) is 18.6. The van der Waals surface area contributed by atoms with Crippen molar-refractivity contribution in [2.24, 2.45) is 105 Å². The van der Waals surface area contributed by atoms with Gasteiger partial charge in [0.25, 0.3) is 0 Å². The van der Waals surface area contributed by atoms with Crippen molar-refractivity contribution in [3.63, 3.8) is 0 Å². The smallest absolute Gasteiger partial charge is 0.0264 e. The molecule has 8 rings (SSSR count). The molecule has 0 amide bonds. The van der Waals surface area contributed by atoms with Gasteiger partial charge in [0.2, 0.25) is 0 Å². The third-order valence-corrected chi connectivity index (χ3v) is 21.6. The molecule has 0 N–H and O–H groups in total. The molecular weight excluding hydrogens is 649 g/mol. The average molecular weight is 745 g/mol. The van der Waals surface area contributed by atoms with Gasteiger partial charge in [0, 0.05) is 0 Å². The summed E-state index contributed by atoms with van der Waals surface area (Å²) in [7, 11) is 0. The Labute approximate surface area is 339 Å². The van der Waals surface area contributed by atoms with E-state index >= 15 is 0 Å². The summed E-state index contributed by atoms with van der Waals surface area (Å²) in [5, 5.41) is 0. The van der Waals surface area contributed by atoms with Crippen LogP contribution in [0.25, 0.3) is 0 Å². The zero-order chi connectivity index (χ0) is 38.5. The molecule has 0 aliphatic heterocycles. The molecule has 0 heteroatoms. The maximum Gasteiger partial charge on any atom is -0.0264 e. The van der Waals surface area contributed by atoms with E-state index in [1.54, 1.807) is 103 Å². The fourth-order valence-electron chi connectivity index (χ4n) is 18.6. The molecule has 8 saturated carbocycles. The highest BCUT2D eigenvalue weighted by Crippen LogP contribution is 2.70. The molecule has 0 aromatic carbocycles. The molecule has 0 unspecified atom stereocenters. The van der Waals surface area contributed by atoms with Crippen LogP contribution in [0.15, 0.2) is 0 Å². The number of hydrogen-bond acceptors (Lipinski definition) is 0. The van der Waals surface area contributed by atoms with Crippen molar-refractivity contribution < 1.29 is 0 Å². The highest BCUT2D eigenvalue weighted by atomic mass is 14.7. The van der Waals surface area contributed by atoms with E-state index in [4.69, 9.17) is 0 Å². The first kappa shape index (κ1) is 42.1. The summed E-state index contributed by atoms with van der Waals surface area (Å²) < 4.78 is 0. The second-order valence-electron chi connectivity index (χ2n) is 24.9. The molecule has 0 bridgehead atoms. The van der Waals surface area contributed by atoms with Gasteiger partial charge in [0.15, 0.2) is 0 Å². The van der Waals surface area contributed by atoms with E-state index in [2.05, 4.69) is 69.2 Å². The summed E-state index contributed by atoms with van der Waals surface area (Å²) >= 11 is 0. The van der Waals surface area contributed by atoms with Crippen LogP contribution in [0, 0.1) is 105 Å². The van der Waals surface area contributed by atoms with Gasteiger partial charge in [-0.3, -0.25) is 0 Å². The average Bonchev–Trinajstić information content (AvgIpc) is 3.68. The van der Waals surface area contributed by atoms with Gasteiger partial charge in [-0.1, -0.05) is 133 Å². The Hall–Kier alpha value is 0. The minimum atomic E-state index is 0.677. The van der Waals surface area contributed by atoms with Crippen molar-refractivity contribution in [3.05, 3.63) is 0 Å². The SMILES string of the molecule is CC(C)CCC[C@@H](C)[C@H]1CC[C@H]2[C@@H]3CC[C@H]4CCCC[C@]4(C)[C@H]3CC[C@]12C.CC(C)CCC[C@@H](C)[C@H]1CC[C@H]2[C@@H]3CC[C@H]4CCCC[C@]4(C)[C@H]3CC[C@]12C. The molecule has 0 aromatic rings. The molecule has 8 fully saturated rings. The van der Waals surface area contributed by atoms with Crippen LogP contribution in [0.1, 0.15) is 236 Å². The molecule has 0 nitrogen and oxygen atoms in total. The summed E-state index contributed by atoms with van der Waals surface area (Å²) in [5.41, 5.74) is 2.78.